The van der Waals surface area contributed by atoms with Gasteiger partial charge < -0.3 is 10.4 Å². The Morgan fingerprint density at radius 1 is 0.977 bits per heavy atom. The quantitative estimate of drug-likeness (QED) is 0.203. The highest BCUT2D eigenvalue weighted by atomic mass is 32.2. The fourth-order valence-corrected chi connectivity index (χ4v) is 6.37. The van der Waals surface area contributed by atoms with Crippen molar-refractivity contribution < 1.29 is 9.90 Å². The molecule has 3 aromatic heterocycles. The molecule has 222 valence electrons. The number of rotatable bonds is 7. The Morgan fingerprint density at radius 2 is 1.66 bits per heavy atom. The summed E-state index contributed by atoms with van der Waals surface area (Å²) in [5.41, 5.74) is 2.64. The van der Waals surface area contributed by atoms with Gasteiger partial charge in [0, 0.05) is 19.8 Å². The molecule has 0 aliphatic carbocycles. The highest BCUT2D eigenvalue weighted by Gasteiger charge is 2.38. The number of benzene rings is 2. The third-order valence-electron chi connectivity index (χ3n) is 7.47. The van der Waals surface area contributed by atoms with Crippen LogP contribution in [0.5, 0.6) is 0 Å². The van der Waals surface area contributed by atoms with Crippen LogP contribution in [-0.2, 0) is 11.8 Å². The van der Waals surface area contributed by atoms with Gasteiger partial charge in [0.05, 0.1) is 28.0 Å². The molecule has 1 aliphatic rings. The molecule has 1 aliphatic heterocycles. The number of carbonyl (C=O) groups is 1. The van der Waals surface area contributed by atoms with E-state index in [1.165, 1.54) is 20.1 Å². The summed E-state index contributed by atoms with van der Waals surface area (Å²) in [6.07, 6.45) is 2.26. The molecule has 5 aromatic rings. The third kappa shape index (κ3) is 5.17. The maximum Gasteiger partial charge on any atom is 0.296 e. The number of pyridine rings is 1. The van der Waals surface area contributed by atoms with Crippen molar-refractivity contribution in [3.05, 3.63) is 127 Å². The molecular weight excluding hydrogens is 597 g/mol. The lowest BCUT2D eigenvalue weighted by Crippen LogP contribution is -2.33. The predicted octanol–water partition coefficient (Wildman–Crippen LogP) is 4.35. The number of nitrogens with zero attached hydrogens (tertiary/aromatic N) is 5. The minimum atomic E-state index is -0.867. The SMILES string of the molecule is Cc1ccc2nc(NCC(O)c3ccccc3)c(C=C3SC(=S)N(c4c(C)n(C)n(-c5ccccc5)c4=O)C3=O)c(=O)n2c1. The van der Waals surface area contributed by atoms with Crippen molar-refractivity contribution in [2.45, 2.75) is 20.0 Å². The van der Waals surface area contributed by atoms with E-state index in [0.29, 0.717) is 22.6 Å². The summed E-state index contributed by atoms with van der Waals surface area (Å²) in [6.45, 7) is 3.69. The standard InChI is InChI=1S/C32H28N6O4S2/c1-19-14-15-26-34-28(33-17-24(39)21-10-6-4-7-11-21)23(29(40)36(26)18-19)16-25-30(41)37(32(43)44-25)27-20(2)35(3)38(31(27)42)22-12-8-5-9-13-22/h4-16,18,24,33,39H,17H2,1-3H3. The third-order valence-corrected chi connectivity index (χ3v) is 8.77. The van der Waals surface area contributed by atoms with E-state index in [2.05, 4.69) is 10.3 Å². The fourth-order valence-electron chi connectivity index (χ4n) is 5.11. The summed E-state index contributed by atoms with van der Waals surface area (Å²) in [5, 5.41) is 13.9. The van der Waals surface area contributed by atoms with Gasteiger partial charge in [-0.3, -0.25) is 28.4 Å². The minimum absolute atomic E-state index is 0.0719. The number of fused-ring (bicyclic) bond motifs is 1. The molecule has 2 aromatic carbocycles. The maximum absolute atomic E-state index is 13.9. The van der Waals surface area contributed by atoms with Gasteiger partial charge in [-0.1, -0.05) is 78.6 Å². The number of carbonyl (C=O) groups excluding carboxylic acids is 1. The molecule has 1 saturated heterocycles. The second kappa shape index (κ2) is 11.7. The first-order valence-electron chi connectivity index (χ1n) is 13.8. The predicted molar refractivity (Wildman–Crippen MR) is 177 cm³/mol. The largest absolute Gasteiger partial charge is 0.387 e. The van der Waals surface area contributed by atoms with Gasteiger partial charge >= 0.3 is 0 Å². The first kappa shape index (κ1) is 29.3. The van der Waals surface area contributed by atoms with Crippen LogP contribution in [-0.4, -0.2) is 40.6 Å². The van der Waals surface area contributed by atoms with Crippen LogP contribution in [0.3, 0.4) is 0 Å². The average molecular weight is 625 g/mol. The van der Waals surface area contributed by atoms with Gasteiger partial charge in [-0.25, -0.2) is 9.67 Å². The Bertz CT molecular complexity index is 2080. The number of anilines is 2. The zero-order chi connectivity index (χ0) is 31.1. The number of nitrogens with one attached hydrogen (secondary N) is 1. The summed E-state index contributed by atoms with van der Waals surface area (Å²) in [5.74, 6) is -0.309. The molecule has 12 heteroatoms. The molecule has 2 N–H and O–H groups in total. The van der Waals surface area contributed by atoms with E-state index >= 15 is 0 Å². The smallest absolute Gasteiger partial charge is 0.296 e. The van der Waals surface area contributed by atoms with E-state index in [4.69, 9.17) is 12.2 Å². The van der Waals surface area contributed by atoms with Crippen LogP contribution in [0.25, 0.3) is 17.4 Å². The number of amides is 1. The average Bonchev–Trinajstić information content (AvgIpc) is 3.42. The molecule has 6 rings (SSSR count). The van der Waals surface area contributed by atoms with Crippen molar-refractivity contribution in [3.8, 4) is 5.69 Å². The molecule has 10 nitrogen and oxygen atoms in total. The molecule has 44 heavy (non-hydrogen) atoms. The Kier molecular flexibility index (Phi) is 7.80. The van der Waals surface area contributed by atoms with Gasteiger partial charge in [0.25, 0.3) is 17.0 Å². The number of para-hydroxylation sites is 1. The van der Waals surface area contributed by atoms with Crippen molar-refractivity contribution in [3.63, 3.8) is 0 Å². The summed E-state index contributed by atoms with van der Waals surface area (Å²) in [4.78, 5) is 47.4. The molecule has 1 atom stereocenters. The number of hydrogen-bond acceptors (Lipinski definition) is 8. The second-order valence-corrected chi connectivity index (χ2v) is 12.0. The number of hydrogen-bond donors (Lipinski definition) is 2. The van der Waals surface area contributed by atoms with Crippen LogP contribution >= 0.6 is 24.0 Å². The van der Waals surface area contributed by atoms with Crippen LogP contribution in [0.2, 0.25) is 0 Å². The van der Waals surface area contributed by atoms with Gasteiger partial charge in [-0.15, -0.1) is 0 Å². The molecular formula is C32H28N6O4S2. The van der Waals surface area contributed by atoms with E-state index in [0.717, 1.165) is 17.3 Å². The molecule has 1 unspecified atom stereocenters. The van der Waals surface area contributed by atoms with Crippen molar-refractivity contribution in [1.29, 1.82) is 0 Å². The summed E-state index contributed by atoms with van der Waals surface area (Å²) in [6, 6.07) is 21.8. The van der Waals surface area contributed by atoms with E-state index in [1.54, 1.807) is 55.2 Å². The maximum atomic E-state index is 13.9. The van der Waals surface area contributed by atoms with Gasteiger partial charge in [0.15, 0.2) is 4.32 Å². The van der Waals surface area contributed by atoms with Crippen LogP contribution in [0.15, 0.2) is 93.5 Å². The van der Waals surface area contributed by atoms with Crippen LogP contribution in [0.4, 0.5) is 11.5 Å². The first-order valence-corrected chi connectivity index (χ1v) is 15.0. The van der Waals surface area contributed by atoms with Crippen molar-refractivity contribution in [2.75, 3.05) is 16.8 Å². The first-order chi connectivity index (χ1) is 21.2. The van der Waals surface area contributed by atoms with Gasteiger partial charge in [0.1, 0.15) is 17.2 Å². The van der Waals surface area contributed by atoms with Gasteiger partial charge in [0.2, 0.25) is 0 Å². The Labute approximate surface area is 261 Å². The summed E-state index contributed by atoms with van der Waals surface area (Å²) in [7, 11) is 1.74. The number of aliphatic hydroxyl groups excluding tert-OH is 1. The van der Waals surface area contributed by atoms with Crippen LogP contribution < -0.4 is 21.3 Å². The van der Waals surface area contributed by atoms with E-state index in [-0.39, 0.29) is 32.8 Å². The number of thioether (sulfide) groups is 1. The van der Waals surface area contributed by atoms with Crippen molar-refractivity contribution >= 4 is 57.4 Å². The molecule has 0 radical (unpaired) electrons. The zero-order valence-corrected chi connectivity index (χ0v) is 25.7. The molecule has 1 amide bonds. The highest BCUT2D eigenvalue weighted by molar-refractivity contribution is 8.27. The van der Waals surface area contributed by atoms with E-state index in [1.807, 2.05) is 49.4 Å². The van der Waals surface area contributed by atoms with E-state index in [9.17, 15) is 19.5 Å². The lowest BCUT2D eigenvalue weighted by molar-refractivity contribution is -0.113. The molecule has 0 bridgehead atoms. The number of aryl methyl sites for hydroxylation is 1. The Morgan fingerprint density at radius 3 is 2.36 bits per heavy atom. The van der Waals surface area contributed by atoms with Crippen molar-refractivity contribution in [1.82, 2.24) is 18.7 Å². The van der Waals surface area contributed by atoms with Crippen LogP contribution in [0.1, 0.15) is 28.5 Å². The summed E-state index contributed by atoms with van der Waals surface area (Å²) < 4.78 is 4.75. The zero-order valence-electron chi connectivity index (χ0n) is 24.1. The molecule has 1 fully saturated rings. The van der Waals surface area contributed by atoms with Gasteiger partial charge in [-0.05, 0) is 49.2 Å². The normalized spacial score (nSPS) is 15.0. The number of thiocarbonyl (C=S) groups is 1. The summed E-state index contributed by atoms with van der Waals surface area (Å²) >= 11 is 6.61. The van der Waals surface area contributed by atoms with E-state index < -0.39 is 23.1 Å². The minimum Gasteiger partial charge on any atom is -0.387 e. The Balaban J connectivity index is 1.41. The lowest BCUT2D eigenvalue weighted by atomic mass is 10.1. The number of aromatic nitrogens is 4. The second-order valence-electron chi connectivity index (χ2n) is 10.3. The van der Waals surface area contributed by atoms with Gasteiger partial charge in [-0.2, -0.15) is 0 Å². The number of aliphatic hydroxyl groups is 1. The van der Waals surface area contributed by atoms with Crippen LogP contribution in [0, 0.1) is 13.8 Å². The molecule has 4 heterocycles. The highest BCUT2D eigenvalue weighted by Crippen LogP contribution is 2.36. The van der Waals surface area contributed by atoms with Crippen molar-refractivity contribution in [2.24, 2.45) is 7.05 Å². The lowest BCUT2D eigenvalue weighted by Gasteiger charge is -2.15. The topological polar surface area (TPSA) is 114 Å². The fraction of sp³-hybridized carbons (Fsp3) is 0.156. The molecule has 0 spiro atoms. The molecule has 0 saturated carbocycles. The monoisotopic (exact) mass is 624 g/mol. The Hall–Kier alpha value is -4.78.